The number of hydrogen-bond acceptors (Lipinski definition) is 4. The molecule has 0 heterocycles. The fourth-order valence-electron chi connectivity index (χ4n) is 9.92. The SMILES string of the molecule is O=C(C[CH-]OCCC=C([O-])NC12CC3CC(CC(C3)C1)C2)NCC12CC3CC(CC(C3)C1)C2. The monoisotopic (exact) mass is 454 g/mol. The minimum atomic E-state index is 0.0638. The normalized spacial score (nSPS) is 44.9. The topological polar surface area (TPSA) is 73.4 Å². The molecule has 5 nitrogen and oxygen atoms in total. The molecule has 5 heteroatoms. The van der Waals surface area contributed by atoms with E-state index in [2.05, 4.69) is 10.6 Å². The van der Waals surface area contributed by atoms with E-state index in [9.17, 15) is 9.90 Å². The summed E-state index contributed by atoms with van der Waals surface area (Å²) in [7, 11) is 0. The highest BCUT2D eigenvalue weighted by Crippen LogP contribution is 2.59. The van der Waals surface area contributed by atoms with Gasteiger partial charge in [-0.15, -0.1) is 0 Å². The van der Waals surface area contributed by atoms with Crippen LogP contribution in [-0.4, -0.2) is 24.6 Å². The summed E-state index contributed by atoms with van der Waals surface area (Å²) in [6.45, 7) is 2.91. The summed E-state index contributed by atoms with van der Waals surface area (Å²) in [4.78, 5) is 12.3. The summed E-state index contributed by atoms with van der Waals surface area (Å²) in [5, 5.41) is 19.1. The molecule has 0 radical (unpaired) electrons. The van der Waals surface area contributed by atoms with E-state index in [4.69, 9.17) is 4.74 Å². The molecule has 8 aliphatic rings. The van der Waals surface area contributed by atoms with E-state index in [-0.39, 0.29) is 17.3 Å². The molecule has 8 fully saturated rings. The molecule has 8 aliphatic carbocycles. The van der Waals surface area contributed by atoms with Crippen LogP contribution in [0.5, 0.6) is 0 Å². The first-order chi connectivity index (χ1) is 16.0. The highest BCUT2D eigenvalue weighted by Gasteiger charge is 2.51. The molecule has 0 spiro atoms. The van der Waals surface area contributed by atoms with Crippen molar-refractivity contribution in [3.8, 4) is 0 Å². The molecule has 0 aromatic carbocycles. The van der Waals surface area contributed by atoms with Crippen LogP contribution >= 0.6 is 0 Å². The summed E-state index contributed by atoms with van der Waals surface area (Å²) in [6, 6.07) is 0. The van der Waals surface area contributed by atoms with Gasteiger partial charge in [0.25, 0.3) is 0 Å². The molecule has 2 N–H and O–H groups in total. The van der Waals surface area contributed by atoms with E-state index in [0.717, 1.165) is 42.1 Å². The van der Waals surface area contributed by atoms with E-state index in [1.165, 1.54) is 77.0 Å². The quantitative estimate of drug-likeness (QED) is 0.297. The molecule has 0 aromatic rings. The number of nitrogens with one attached hydrogen (secondary N) is 2. The summed E-state index contributed by atoms with van der Waals surface area (Å²) in [5.41, 5.74) is 0.453. The van der Waals surface area contributed by atoms with Crippen molar-refractivity contribution in [2.75, 3.05) is 13.2 Å². The Morgan fingerprint density at radius 2 is 1.39 bits per heavy atom. The van der Waals surface area contributed by atoms with Crippen molar-refractivity contribution < 1.29 is 14.6 Å². The molecule has 0 saturated heterocycles. The van der Waals surface area contributed by atoms with E-state index in [1.54, 1.807) is 12.7 Å². The van der Waals surface area contributed by atoms with Crippen molar-refractivity contribution in [1.29, 1.82) is 0 Å². The highest BCUT2D eigenvalue weighted by atomic mass is 16.5. The molecule has 0 aliphatic heterocycles. The van der Waals surface area contributed by atoms with Gasteiger partial charge in [0.15, 0.2) is 5.91 Å². The largest absolute Gasteiger partial charge is 0.861 e. The van der Waals surface area contributed by atoms with Crippen molar-refractivity contribution in [2.45, 2.75) is 95.4 Å². The highest BCUT2D eigenvalue weighted by molar-refractivity contribution is 5.76. The second-order valence-electron chi connectivity index (χ2n) is 13.1. The molecule has 8 rings (SSSR count). The van der Waals surface area contributed by atoms with Crippen LogP contribution in [-0.2, 0) is 9.53 Å². The van der Waals surface area contributed by atoms with E-state index >= 15 is 0 Å². The smallest absolute Gasteiger partial charge is 0.192 e. The molecule has 1 amide bonds. The van der Waals surface area contributed by atoms with Gasteiger partial charge in [0.1, 0.15) is 0 Å². The van der Waals surface area contributed by atoms with Crippen molar-refractivity contribution >= 4 is 5.91 Å². The van der Waals surface area contributed by atoms with Gasteiger partial charge in [-0.2, -0.15) is 0 Å². The molecule has 0 unspecified atom stereocenters. The van der Waals surface area contributed by atoms with Gasteiger partial charge >= 0.3 is 0 Å². The number of hydrogen-bond donors (Lipinski definition) is 2. The van der Waals surface area contributed by atoms with Gasteiger partial charge in [-0.1, -0.05) is 12.5 Å². The Bertz CT molecular complexity index is 705. The lowest BCUT2D eigenvalue weighted by Gasteiger charge is -2.58. The van der Waals surface area contributed by atoms with Gasteiger partial charge in [0.2, 0.25) is 0 Å². The maximum atomic E-state index is 12.5. The second kappa shape index (κ2) is 8.77. The Morgan fingerprint density at radius 1 is 0.879 bits per heavy atom. The van der Waals surface area contributed by atoms with Crippen molar-refractivity contribution in [3.05, 3.63) is 18.6 Å². The molecule has 8 bridgehead atoms. The zero-order valence-electron chi connectivity index (χ0n) is 20.2. The Balaban J connectivity index is 0.866. The summed E-state index contributed by atoms with van der Waals surface area (Å²) >= 11 is 0. The average molecular weight is 455 g/mol. The van der Waals surface area contributed by atoms with E-state index in [1.807, 2.05) is 0 Å². The number of rotatable bonds is 10. The third-order valence-corrected chi connectivity index (χ3v) is 10.2. The zero-order valence-corrected chi connectivity index (χ0v) is 20.2. The van der Waals surface area contributed by atoms with Crippen LogP contribution in [0.3, 0.4) is 0 Å². The summed E-state index contributed by atoms with van der Waals surface area (Å²) in [6.07, 6.45) is 18.6. The van der Waals surface area contributed by atoms with Crippen LogP contribution in [0.4, 0.5) is 0 Å². The van der Waals surface area contributed by atoms with Crippen LogP contribution in [0.25, 0.3) is 0 Å². The third-order valence-electron chi connectivity index (χ3n) is 10.2. The van der Waals surface area contributed by atoms with E-state index < -0.39 is 0 Å². The van der Waals surface area contributed by atoms with Crippen molar-refractivity contribution in [3.63, 3.8) is 0 Å². The lowest BCUT2D eigenvalue weighted by atomic mass is 9.49. The first-order valence-electron chi connectivity index (χ1n) is 13.8. The van der Waals surface area contributed by atoms with E-state index in [0.29, 0.717) is 24.9 Å². The maximum Gasteiger partial charge on any atom is 0.192 e. The van der Waals surface area contributed by atoms with Crippen LogP contribution in [0.1, 0.15) is 89.9 Å². The summed E-state index contributed by atoms with van der Waals surface area (Å²) < 4.78 is 5.55. The second-order valence-corrected chi connectivity index (χ2v) is 13.1. The predicted octanol–water partition coefficient (Wildman–Crippen LogP) is 4.04. The van der Waals surface area contributed by atoms with Gasteiger partial charge in [0.05, 0.1) is 0 Å². The zero-order chi connectivity index (χ0) is 22.5. The van der Waals surface area contributed by atoms with Gasteiger partial charge in [0, 0.05) is 18.7 Å². The van der Waals surface area contributed by atoms with Crippen LogP contribution in [0.15, 0.2) is 12.0 Å². The van der Waals surface area contributed by atoms with Gasteiger partial charge in [-0.25, -0.2) is 6.61 Å². The lowest BCUT2D eigenvalue weighted by molar-refractivity contribution is -0.317. The molecule has 0 aromatic heterocycles. The molecular formula is C28H42N2O3-2. The fourth-order valence-corrected chi connectivity index (χ4v) is 9.92. The van der Waals surface area contributed by atoms with Crippen molar-refractivity contribution in [1.82, 2.24) is 10.6 Å². The minimum absolute atomic E-state index is 0.0638. The molecule has 184 valence electrons. The van der Waals surface area contributed by atoms with Gasteiger partial charge in [-0.05, 0) is 130 Å². The molecule has 0 atom stereocenters. The van der Waals surface area contributed by atoms with Crippen LogP contribution in [0.2, 0.25) is 0 Å². The maximum absolute atomic E-state index is 12.5. The number of amides is 1. The number of carbonyl (C=O) groups excluding carboxylic acids is 1. The fraction of sp³-hybridized carbons (Fsp3) is 0.857. The Morgan fingerprint density at radius 3 is 1.94 bits per heavy atom. The first kappa shape index (κ1) is 22.2. The molecule has 33 heavy (non-hydrogen) atoms. The van der Waals surface area contributed by atoms with Crippen LogP contribution < -0.4 is 15.7 Å². The predicted molar refractivity (Wildman–Crippen MR) is 125 cm³/mol. The van der Waals surface area contributed by atoms with Gasteiger partial charge in [-0.3, -0.25) is 4.79 Å². The van der Waals surface area contributed by atoms with Gasteiger partial charge < -0.3 is 20.5 Å². The average Bonchev–Trinajstić information content (AvgIpc) is 2.72. The Labute approximate surface area is 199 Å². The summed E-state index contributed by atoms with van der Waals surface area (Å²) in [5.74, 6) is 5.39. The molecule has 8 saturated carbocycles. The number of ether oxygens (including phenoxy) is 1. The Hall–Kier alpha value is -1.23. The van der Waals surface area contributed by atoms with Crippen molar-refractivity contribution in [2.24, 2.45) is 40.9 Å². The third kappa shape index (κ3) is 4.81. The Kier molecular flexibility index (Phi) is 5.91. The standard InChI is InChI=1S/C28H43N2O3/c31-25(29-18-27-12-19-6-20(13-27)8-21(7-19)14-27)3-5-33-4-1-2-26(32)30-28-15-22-9-23(16-28)11-24(10-22)17-28/h2,5,19-24,30,32H,1,3-4,6-18H2,(H,29,31)/q-1/p-1. The van der Waals surface area contributed by atoms with Crippen LogP contribution in [0, 0.1) is 47.5 Å². The minimum Gasteiger partial charge on any atom is -0.861 e. The lowest BCUT2D eigenvalue weighted by Crippen LogP contribution is -2.59. The molecular weight excluding hydrogens is 412 g/mol. The number of carbonyl (C=O) groups is 1. The first-order valence-corrected chi connectivity index (χ1v) is 13.8.